The monoisotopic (exact) mass is 431 g/mol. The number of aliphatic hydroxyl groups excluding tert-OH is 1. The number of hydrogen-bond acceptors (Lipinski definition) is 4. The number of aryl methyl sites for hydroxylation is 1. The van der Waals surface area contributed by atoms with Crippen molar-refractivity contribution in [1.82, 2.24) is 5.32 Å². The number of carbonyl (C=O) groups is 2. The number of hydrogen-bond donors (Lipinski definition) is 2. The smallest absolute Gasteiger partial charge is 0.312 e. The number of carbonyl (C=O) groups excluding carboxylic acids is 2. The summed E-state index contributed by atoms with van der Waals surface area (Å²) in [6.07, 6.45) is 6.26. The van der Waals surface area contributed by atoms with E-state index in [9.17, 15) is 14.7 Å². The van der Waals surface area contributed by atoms with Crippen molar-refractivity contribution >= 4 is 11.9 Å². The third-order valence-corrected chi connectivity index (χ3v) is 6.23. The fourth-order valence-corrected chi connectivity index (χ4v) is 4.52. The molecule has 0 bridgehead atoms. The van der Waals surface area contributed by atoms with Crippen LogP contribution in [-0.2, 0) is 20.7 Å². The first-order valence-corrected chi connectivity index (χ1v) is 11.8. The summed E-state index contributed by atoms with van der Waals surface area (Å²) < 4.78 is 5.66. The molecule has 5 nitrogen and oxygen atoms in total. The van der Waals surface area contributed by atoms with Crippen LogP contribution in [0.1, 0.15) is 76.8 Å². The molecule has 1 aliphatic carbocycles. The third kappa shape index (κ3) is 8.64. The summed E-state index contributed by atoms with van der Waals surface area (Å²) in [6, 6.07) is 8.09. The number of nitrogens with one attached hydrogen (secondary N) is 1. The van der Waals surface area contributed by atoms with Gasteiger partial charge in [-0.05, 0) is 58.4 Å². The highest BCUT2D eigenvalue weighted by atomic mass is 16.6. The van der Waals surface area contributed by atoms with E-state index in [1.54, 1.807) is 7.05 Å². The Labute approximate surface area is 188 Å². The first-order chi connectivity index (χ1) is 14.6. The van der Waals surface area contributed by atoms with Gasteiger partial charge in [-0.15, -0.1) is 0 Å². The van der Waals surface area contributed by atoms with Crippen molar-refractivity contribution in [3.8, 4) is 0 Å². The van der Waals surface area contributed by atoms with Gasteiger partial charge < -0.3 is 15.2 Å². The maximum atomic E-state index is 13.0. The summed E-state index contributed by atoms with van der Waals surface area (Å²) in [5, 5.41) is 13.9. The number of ether oxygens (including phenoxy) is 1. The molecule has 1 fully saturated rings. The highest BCUT2D eigenvalue weighted by molar-refractivity contribution is 5.79. The van der Waals surface area contributed by atoms with E-state index in [1.807, 2.05) is 52.0 Å². The normalized spacial score (nSPS) is 18.1. The zero-order valence-electron chi connectivity index (χ0n) is 19.9. The van der Waals surface area contributed by atoms with Gasteiger partial charge in [-0.2, -0.15) is 0 Å². The Morgan fingerprint density at radius 3 is 2.29 bits per heavy atom. The van der Waals surface area contributed by atoms with Gasteiger partial charge in [-0.3, -0.25) is 9.59 Å². The second-order valence-electron chi connectivity index (χ2n) is 10.2. The third-order valence-electron chi connectivity index (χ3n) is 6.23. The molecule has 0 heterocycles. The minimum absolute atomic E-state index is 0.111. The molecule has 2 rings (SSSR count). The molecule has 1 saturated carbocycles. The predicted molar refractivity (Wildman–Crippen MR) is 124 cm³/mol. The van der Waals surface area contributed by atoms with Gasteiger partial charge in [-0.25, -0.2) is 0 Å². The van der Waals surface area contributed by atoms with Crippen molar-refractivity contribution in [1.29, 1.82) is 0 Å². The molecule has 2 N–H and O–H groups in total. The standard InChI is InChI=1S/C26H41NO4/c1-18-11-13-20(14-12-18)15-21(24(29)27-5)17-23(28)22(25(30)31-26(2,3)4)16-19-9-7-6-8-10-19/h11-14,19,21-23,28H,6-10,15-17H2,1-5H3,(H,27,29)/t21-,22+,23+/m1/s1. The molecule has 0 saturated heterocycles. The van der Waals surface area contributed by atoms with Crippen LogP contribution in [0.4, 0.5) is 0 Å². The molecule has 1 amide bonds. The zero-order valence-corrected chi connectivity index (χ0v) is 19.9. The van der Waals surface area contributed by atoms with Gasteiger partial charge in [0.25, 0.3) is 0 Å². The summed E-state index contributed by atoms with van der Waals surface area (Å²) in [5.74, 6) is -1.04. The van der Waals surface area contributed by atoms with Crippen molar-refractivity contribution in [3.63, 3.8) is 0 Å². The number of benzene rings is 1. The van der Waals surface area contributed by atoms with Crippen LogP contribution in [0, 0.1) is 24.7 Å². The van der Waals surface area contributed by atoms with E-state index < -0.39 is 23.5 Å². The van der Waals surface area contributed by atoms with Crippen LogP contribution in [0.5, 0.6) is 0 Å². The van der Waals surface area contributed by atoms with Gasteiger partial charge >= 0.3 is 5.97 Å². The zero-order chi connectivity index (χ0) is 23.0. The van der Waals surface area contributed by atoms with E-state index in [-0.39, 0.29) is 18.3 Å². The Kier molecular flexibility index (Phi) is 9.54. The summed E-state index contributed by atoms with van der Waals surface area (Å²) in [6.45, 7) is 7.57. The SMILES string of the molecule is CNC(=O)[C@H](Cc1ccc(C)cc1)C[C@H](O)[C@H](CC1CCCCC1)C(=O)OC(C)(C)C. The van der Waals surface area contributed by atoms with E-state index in [4.69, 9.17) is 4.74 Å². The predicted octanol–water partition coefficient (Wildman–Crippen LogP) is 4.58. The first kappa shape index (κ1) is 25.4. The lowest BCUT2D eigenvalue weighted by Crippen LogP contribution is -2.39. The Bertz CT molecular complexity index is 701. The van der Waals surface area contributed by atoms with Crippen LogP contribution in [-0.4, -0.2) is 35.7 Å². The maximum absolute atomic E-state index is 13.0. The lowest BCUT2D eigenvalue weighted by Gasteiger charge is -2.31. The van der Waals surface area contributed by atoms with E-state index in [0.29, 0.717) is 18.8 Å². The van der Waals surface area contributed by atoms with Crippen LogP contribution in [0.25, 0.3) is 0 Å². The second-order valence-corrected chi connectivity index (χ2v) is 10.2. The lowest BCUT2D eigenvalue weighted by molar-refractivity contribution is -0.166. The van der Waals surface area contributed by atoms with Crippen molar-refractivity contribution in [2.75, 3.05) is 7.05 Å². The van der Waals surface area contributed by atoms with E-state index in [0.717, 1.165) is 24.0 Å². The fourth-order valence-electron chi connectivity index (χ4n) is 4.52. The van der Waals surface area contributed by atoms with Crippen molar-refractivity contribution in [3.05, 3.63) is 35.4 Å². The van der Waals surface area contributed by atoms with Gasteiger partial charge in [-0.1, -0.05) is 61.9 Å². The van der Waals surface area contributed by atoms with Crippen LogP contribution in [0.3, 0.4) is 0 Å². The molecule has 0 unspecified atom stereocenters. The van der Waals surface area contributed by atoms with Crippen LogP contribution in [0.15, 0.2) is 24.3 Å². The molecule has 0 radical (unpaired) electrons. The summed E-state index contributed by atoms with van der Waals surface area (Å²) >= 11 is 0. The van der Waals surface area contributed by atoms with Gasteiger partial charge in [0, 0.05) is 13.0 Å². The van der Waals surface area contributed by atoms with Gasteiger partial charge in [0.1, 0.15) is 5.60 Å². The number of esters is 1. The molecule has 0 spiro atoms. The van der Waals surface area contributed by atoms with Crippen molar-refractivity contribution in [2.24, 2.45) is 17.8 Å². The Balaban J connectivity index is 2.15. The minimum Gasteiger partial charge on any atom is -0.460 e. The molecular formula is C26H41NO4. The van der Waals surface area contributed by atoms with Gasteiger partial charge in [0.15, 0.2) is 0 Å². The quantitative estimate of drug-likeness (QED) is 0.561. The van der Waals surface area contributed by atoms with Gasteiger partial charge in [0.05, 0.1) is 12.0 Å². The lowest BCUT2D eigenvalue weighted by atomic mass is 9.79. The Morgan fingerprint density at radius 1 is 1.13 bits per heavy atom. The number of rotatable bonds is 9. The Hall–Kier alpha value is -1.88. The van der Waals surface area contributed by atoms with E-state index in [2.05, 4.69) is 5.32 Å². The number of aliphatic hydroxyl groups is 1. The topological polar surface area (TPSA) is 75.6 Å². The van der Waals surface area contributed by atoms with Crippen LogP contribution < -0.4 is 5.32 Å². The maximum Gasteiger partial charge on any atom is 0.312 e. The number of amides is 1. The molecular weight excluding hydrogens is 390 g/mol. The molecule has 1 aromatic rings. The van der Waals surface area contributed by atoms with E-state index in [1.165, 1.54) is 19.3 Å². The Morgan fingerprint density at radius 2 is 1.74 bits per heavy atom. The minimum atomic E-state index is -0.912. The molecule has 31 heavy (non-hydrogen) atoms. The summed E-state index contributed by atoms with van der Waals surface area (Å²) in [5.41, 5.74) is 1.61. The molecule has 0 aromatic heterocycles. The van der Waals surface area contributed by atoms with Crippen molar-refractivity contribution in [2.45, 2.75) is 90.8 Å². The van der Waals surface area contributed by atoms with Crippen LogP contribution in [0.2, 0.25) is 0 Å². The summed E-state index contributed by atoms with van der Waals surface area (Å²) in [4.78, 5) is 25.6. The average molecular weight is 432 g/mol. The highest BCUT2D eigenvalue weighted by Gasteiger charge is 2.36. The fraction of sp³-hybridized carbons (Fsp3) is 0.692. The molecule has 0 aliphatic heterocycles. The largest absolute Gasteiger partial charge is 0.460 e. The molecule has 1 aliphatic rings. The first-order valence-electron chi connectivity index (χ1n) is 11.8. The summed E-state index contributed by atoms with van der Waals surface area (Å²) in [7, 11) is 1.62. The second kappa shape index (κ2) is 11.7. The molecule has 1 aromatic carbocycles. The van der Waals surface area contributed by atoms with E-state index >= 15 is 0 Å². The van der Waals surface area contributed by atoms with Crippen LogP contribution >= 0.6 is 0 Å². The average Bonchev–Trinajstić information content (AvgIpc) is 2.71. The molecule has 3 atom stereocenters. The van der Waals surface area contributed by atoms with Gasteiger partial charge in [0.2, 0.25) is 5.91 Å². The van der Waals surface area contributed by atoms with Crippen molar-refractivity contribution < 1.29 is 19.4 Å². The highest BCUT2D eigenvalue weighted by Crippen LogP contribution is 2.33. The molecule has 174 valence electrons. The molecule has 5 heteroatoms.